The van der Waals surface area contributed by atoms with Crippen LogP contribution in [0.5, 0.6) is 0 Å². The van der Waals surface area contributed by atoms with Gasteiger partial charge in [-0.05, 0) is 63.9 Å². The van der Waals surface area contributed by atoms with Crippen LogP contribution in [0.3, 0.4) is 0 Å². The first-order valence-corrected chi connectivity index (χ1v) is 7.39. The first-order valence-electron chi connectivity index (χ1n) is 7.39. The van der Waals surface area contributed by atoms with E-state index in [0.717, 1.165) is 25.8 Å². The highest BCUT2D eigenvalue weighted by Crippen LogP contribution is 2.21. The number of rotatable bonds is 4. The molecule has 0 aliphatic carbocycles. The van der Waals surface area contributed by atoms with Gasteiger partial charge < -0.3 is 15.4 Å². The smallest absolute Gasteiger partial charge is 0.338 e. The molecule has 2 rings (SSSR count). The van der Waals surface area contributed by atoms with Gasteiger partial charge in [-0.1, -0.05) is 0 Å². The minimum absolute atomic E-state index is 0.0360. The average molecular weight is 290 g/mol. The third kappa shape index (κ3) is 3.82. The summed E-state index contributed by atoms with van der Waals surface area (Å²) >= 11 is 0. The number of hydrogen-bond acceptors (Lipinski definition) is 4. The maximum absolute atomic E-state index is 12.3. The van der Waals surface area contributed by atoms with Crippen LogP contribution in [-0.2, 0) is 9.53 Å². The molecule has 0 bridgehead atoms. The zero-order valence-electron chi connectivity index (χ0n) is 12.6. The van der Waals surface area contributed by atoms with Gasteiger partial charge in [0.1, 0.15) is 0 Å². The Morgan fingerprint density at radius 3 is 2.57 bits per heavy atom. The fourth-order valence-corrected chi connectivity index (χ4v) is 2.42. The minimum atomic E-state index is -0.516. The monoisotopic (exact) mass is 290 g/mol. The first kappa shape index (κ1) is 15.5. The molecule has 0 radical (unpaired) electrons. The van der Waals surface area contributed by atoms with Crippen LogP contribution in [0.25, 0.3) is 0 Å². The second-order valence-corrected chi connectivity index (χ2v) is 5.47. The molecule has 1 fully saturated rings. The number of hydrogen-bond donors (Lipinski definition) is 2. The van der Waals surface area contributed by atoms with Crippen molar-refractivity contribution in [3.63, 3.8) is 0 Å². The van der Waals surface area contributed by atoms with E-state index in [9.17, 15) is 9.59 Å². The fourth-order valence-electron chi connectivity index (χ4n) is 2.42. The van der Waals surface area contributed by atoms with Crippen molar-refractivity contribution in [1.29, 1.82) is 0 Å². The van der Waals surface area contributed by atoms with Crippen LogP contribution in [0.2, 0.25) is 0 Å². The summed E-state index contributed by atoms with van der Waals surface area (Å²) < 4.78 is 4.92. The Bertz CT molecular complexity index is 505. The van der Waals surface area contributed by atoms with Gasteiger partial charge in [0.05, 0.1) is 17.7 Å². The maximum Gasteiger partial charge on any atom is 0.338 e. The van der Waals surface area contributed by atoms with Crippen LogP contribution in [0.15, 0.2) is 24.3 Å². The van der Waals surface area contributed by atoms with Crippen molar-refractivity contribution in [2.45, 2.75) is 38.6 Å². The van der Waals surface area contributed by atoms with Gasteiger partial charge in [-0.2, -0.15) is 0 Å². The maximum atomic E-state index is 12.3. The third-order valence-corrected chi connectivity index (χ3v) is 3.77. The average Bonchev–Trinajstić information content (AvgIpc) is 2.49. The summed E-state index contributed by atoms with van der Waals surface area (Å²) in [4.78, 5) is 23.9. The molecule has 114 valence electrons. The Labute approximate surface area is 125 Å². The van der Waals surface area contributed by atoms with E-state index in [4.69, 9.17) is 4.74 Å². The number of esters is 1. The van der Waals surface area contributed by atoms with E-state index >= 15 is 0 Å². The normalized spacial score (nSPS) is 21.6. The highest BCUT2D eigenvalue weighted by molar-refractivity contribution is 5.98. The number of carbonyl (C=O) groups is 2. The lowest BCUT2D eigenvalue weighted by Gasteiger charge is -2.33. The van der Waals surface area contributed by atoms with E-state index in [-0.39, 0.29) is 11.9 Å². The molecule has 1 aliphatic heterocycles. The van der Waals surface area contributed by atoms with Crippen molar-refractivity contribution in [3.8, 4) is 0 Å². The summed E-state index contributed by atoms with van der Waals surface area (Å²) in [5.74, 6) is -0.387. The molecular weight excluding hydrogens is 268 g/mol. The molecule has 5 nitrogen and oxygen atoms in total. The molecule has 1 aromatic carbocycles. The Balaban J connectivity index is 1.99. The lowest BCUT2D eigenvalue weighted by molar-refractivity contribution is -0.122. The molecule has 1 saturated heterocycles. The Kier molecular flexibility index (Phi) is 4.96. The van der Waals surface area contributed by atoms with Crippen LogP contribution in [-0.4, -0.2) is 30.6 Å². The molecule has 0 spiro atoms. The number of piperidine rings is 1. The van der Waals surface area contributed by atoms with Crippen LogP contribution in [0.4, 0.5) is 5.69 Å². The summed E-state index contributed by atoms with van der Waals surface area (Å²) in [6.07, 6.45) is 3.00. The molecule has 1 atom stereocenters. The number of anilines is 1. The topological polar surface area (TPSA) is 67.4 Å². The fraction of sp³-hybridized carbons (Fsp3) is 0.500. The second-order valence-electron chi connectivity index (χ2n) is 5.47. The molecule has 5 heteroatoms. The summed E-state index contributed by atoms with van der Waals surface area (Å²) in [7, 11) is 0. The summed E-state index contributed by atoms with van der Waals surface area (Å²) in [5, 5.41) is 6.17. The van der Waals surface area contributed by atoms with E-state index in [1.165, 1.54) is 0 Å². The standard InChI is InChI=1S/C16H22N2O3/c1-3-21-14(19)12-6-8-13(9-7-12)18-15(20)16(2)10-4-5-11-17-16/h6-9,17H,3-5,10-11H2,1-2H3,(H,18,20). The molecule has 0 saturated carbocycles. The first-order chi connectivity index (χ1) is 10.0. The van der Waals surface area contributed by atoms with Crippen molar-refractivity contribution in [2.75, 3.05) is 18.5 Å². The van der Waals surface area contributed by atoms with Gasteiger partial charge in [0, 0.05) is 5.69 Å². The molecule has 1 unspecified atom stereocenters. The van der Waals surface area contributed by atoms with Gasteiger partial charge in [-0.25, -0.2) is 4.79 Å². The summed E-state index contributed by atoms with van der Waals surface area (Å²) in [6.45, 7) is 4.91. The van der Waals surface area contributed by atoms with Gasteiger partial charge in [-0.15, -0.1) is 0 Å². The molecular formula is C16H22N2O3. The molecule has 1 heterocycles. The van der Waals surface area contributed by atoms with Crippen molar-refractivity contribution in [1.82, 2.24) is 5.32 Å². The predicted molar refractivity (Wildman–Crippen MR) is 81.3 cm³/mol. The number of ether oxygens (including phenoxy) is 1. The molecule has 21 heavy (non-hydrogen) atoms. The van der Waals surface area contributed by atoms with Crippen LogP contribution in [0, 0.1) is 0 Å². The number of benzene rings is 1. The van der Waals surface area contributed by atoms with Gasteiger partial charge in [0.25, 0.3) is 0 Å². The van der Waals surface area contributed by atoms with Gasteiger partial charge in [0.2, 0.25) is 5.91 Å². The highest BCUT2D eigenvalue weighted by Gasteiger charge is 2.34. The van der Waals surface area contributed by atoms with Gasteiger partial charge in [0.15, 0.2) is 0 Å². The van der Waals surface area contributed by atoms with E-state index < -0.39 is 5.54 Å². The number of carbonyl (C=O) groups excluding carboxylic acids is 2. The lowest BCUT2D eigenvalue weighted by Crippen LogP contribution is -2.54. The number of nitrogens with one attached hydrogen (secondary N) is 2. The zero-order chi connectivity index (χ0) is 15.3. The lowest BCUT2D eigenvalue weighted by atomic mass is 9.90. The molecule has 0 aromatic heterocycles. The van der Waals surface area contributed by atoms with E-state index in [2.05, 4.69) is 10.6 Å². The SMILES string of the molecule is CCOC(=O)c1ccc(NC(=O)C2(C)CCCCN2)cc1. The van der Waals surface area contributed by atoms with Crippen LogP contribution in [0.1, 0.15) is 43.5 Å². The van der Waals surface area contributed by atoms with Crippen LogP contribution < -0.4 is 10.6 Å². The second kappa shape index (κ2) is 6.72. The number of amides is 1. The molecule has 1 amide bonds. The molecule has 1 aromatic rings. The Morgan fingerprint density at radius 1 is 1.29 bits per heavy atom. The van der Waals surface area contributed by atoms with Gasteiger partial charge in [-0.3, -0.25) is 4.79 Å². The quantitative estimate of drug-likeness (QED) is 0.835. The Hall–Kier alpha value is -1.88. The van der Waals surface area contributed by atoms with E-state index in [1.807, 2.05) is 6.92 Å². The van der Waals surface area contributed by atoms with Crippen molar-refractivity contribution >= 4 is 17.6 Å². The zero-order valence-corrected chi connectivity index (χ0v) is 12.6. The Morgan fingerprint density at radius 2 is 2.00 bits per heavy atom. The summed E-state index contributed by atoms with van der Waals surface area (Å²) in [5.41, 5.74) is 0.649. The van der Waals surface area contributed by atoms with Crippen molar-refractivity contribution in [2.24, 2.45) is 0 Å². The summed E-state index contributed by atoms with van der Waals surface area (Å²) in [6, 6.07) is 6.75. The third-order valence-electron chi connectivity index (χ3n) is 3.77. The van der Waals surface area contributed by atoms with E-state index in [0.29, 0.717) is 17.9 Å². The highest BCUT2D eigenvalue weighted by atomic mass is 16.5. The van der Waals surface area contributed by atoms with Crippen LogP contribution >= 0.6 is 0 Å². The van der Waals surface area contributed by atoms with Crippen molar-refractivity contribution in [3.05, 3.63) is 29.8 Å². The minimum Gasteiger partial charge on any atom is -0.462 e. The van der Waals surface area contributed by atoms with Gasteiger partial charge >= 0.3 is 5.97 Å². The van der Waals surface area contributed by atoms with E-state index in [1.54, 1.807) is 31.2 Å². The largest absolute Gasteiger partial charge is 0.462 e. The molecule has 1 aliphatic rings. The molecule has 2 N–H and O–H groups in total. The van der Waals surface area contributed by atoms with Crippen molar-refractivity contribution < 1.29 is 14.3 Å². The predicted octanol–water partition coefficient (Wildman–Crippen LogP) is 2.33.